The van der Waals surface area contributed by atoms with Crippen LogP contribution in [0, 0.1) is 0 Å². The SMILES string of the molecule is CN=CC=CNC(C)C(C)=O. The summed E-state index contributed by atoms with van der Waals surface area (Å²) >= 11 is 0. The lowest BCUT2D eigenvalue weighted by Crippen LogP contribution is -2.27. The molecule has 0 aromatic heterocycles. The average Bonchev–Trinajstić information content (AvgIpc) is 1.97. The van der Waals surface area contributed by atoms with E-state index in [1.54, 1.807) is 32.5 Å². The van der Waals surface area contributed by atoms with Crippen LogP contribution in [-0.4, -0.2) is 25.1 Å². The van der Waals surface area contributed by atoms with Gasteiger partial charge in [0.1, 0.15) is 0 Å². The number of nitrogens with zero attached hydrogens (tertiary/aromatic N) is 1. The fourth-order valence-corrected chi connectivity index (χ4v) is 0.446. The van der Waals surface area contributed by atoms with Crippen LogP contribution in [0.25, 0.3) is 0 Å². The first-order chi connectivity index (χ1) is 5.18. The van der Waals surface area contributed by atoms with Crippen LogP contribution in [0.1, 0.15) is 13.8 Å². The second kappa shape index (κ2) is 5.65. The van der Waals surface area contributed by atoms with E-state index < -0.39 is 0 Å². The molecule has 0 aliphatic heterocycles. The van der Waals surface area contributed by atoms with E-state index in [1.165, 1.54) is 0 Å². The maximum atomic E-state index is 10.7. The molecule has 0 saturated carbocycles. The van der Waals surface area contributed by atoms with Crippen LogP contribution in [0.5, 0.6) is 0 Å². The van der Waals surface area contributed by atoms with Crippen LogP contribution >= 0.6 is 0 Å². The zero-order chi connectivity index (χ0) is 8.69. The van der Waals surface area contributed by atoms with Gasteiger partial charge in [-0.1, -0.05) is 0 Å². The predicted octanol–water partition coefficient (Wildman–Crippen LogP) is 0.768. The Morgan fingerprint density at radius 1 is 1.64 bits per heavy atom. The summed E-state index contributed by atoms with van der Waals surface area (Å²) in [6.45, 7) is 3.37. The number of hydrogen-bond donors (Lipinski definition) is 1. The van der Waals surface area contributed by atoms with Crippen molar-refractivity contribution in [2.45, 2.75) is 19.9 Å². The molecule has 0 amide bonds. The highest BCUT2D eigenvalue weighted by Gasteiger charge is 2.01. The van der Waals surface area contributed by atoms with Gasteiger partial charge in [0.05, 0.1) is 6.04 Å². The van der Waals surface area contributed by atoms with Crippen molar-refractivity contribution >= 4 is 12.0 Å². The molecule has 3 heteroatoms. The Kier molecular flexibility index (Phi) is 5.07. The molecule has 0 bridgehead atoms. The lowest BCUT2D eigenvalue weighted by molar-refractivity contribution is -0.118. The minimum Gasteiger partial charge on any atom is -0.381 e. The van der Waals surface area contributed by atoms with Crippen LogP contribution in [0.15, 0.2) is 17.3 Å². The molecule has 11 heavy (non-hydrogen) atoms. The summed E-state index contributed by atoms with van der Waals surface area (Å²) in [5.74, 6) is 0.128. The number of rotatable bonds is 4. The van der Waals surface area contributed by atoms with E-state index >= 15 is 0 Å². The number of carbonyl (C=O) groups is 1. The first-order valence-corrected chi connectivity index (χ1v) is 3.52. The summed E-state index contributed by atoms with van der Waals surface area (Å²) in [6.07, 6.45) is 5.11. The molecule has 0 aromatic rings. The van der Waals surface area contributed by atoms with Gasteiger partial charge in [0.2, 0.25) is 0 Å². The fourth-order valence-electron chi connectivity index (χ4n) is 0.446. The summed E-state index contributed by atoms with van der Waals surface area (Å²) in [7, 11) is 1.69. The van der Waals surface area contributed by atoms with Gasteiger partial charge in [0.25, 0.3) is 0 Å². The molecule has 0 radical (unpaired) electrons. The highest BCUT2D eigenvalue weighted by molar-refractivity contribution is 5.81. The lowest BCUT2D eigenvalue weighted by atomic mass is 10.2. The van der Waals surface area contributed by atoms with E-state index in [0.29, 0.717) is 0 Å². The summed E-state index contributed by atoms with van der Waals surface area (Å²) in [6, 6.07) is -0.114. The topological polar surface area (TPSA) is 41.5 Å². The van der Waals surface area contributed by atoms with E-state index in [2.05, 4.69) is 10.3 Å². The van der Waals surface area contributed by atoms with Crippen LogP contribution in [0.2, 0.25) is 0 Å². The number of nitrogens with one attached hydrogen (secondary N) is 1. The van der Waals surface area contributed by atoms with E-state index in [-0.39, 0.29) is 11.8 Å². The van der Waals surface area contributed by atoms with Crippen molar-refractivity contribution in [3.05, 3.63) is 12.3 Å². The van der Waals surface area contributed by atoms with Crippen molar-refractivity contribution in [3.8, 4) is 0 Å². The smallest absolute Gasteiger partial charge is 0.151 e. The second-order valence-electron chi connectivity index (χ2n) is 2.27. The molecular formula is C8H14N2O. The molecule has 0 aliphatic carbocycles. The van der Waals surface area contributed by atoms with Crippen molar-refractivity contribution < 1.29 is 4.79 Å². The maximum Gasteiger partial charge on any atom is 0.151 e. The molecule has 1 atom stereocenters. The number of carbonyl (C=O) groups excluding carboxylic acids is 1. The molecule has 1 N–H and O–H groups in total. The van der Waals surface area contributed by atoms with Crippen molar-refractivity contribution in [2.24, 2.45) is 4.99 Å². The van der Waals surface area contributed by atoms with Crippen molar-refractivity contribution in [1.82, 2.24) is 5.32 Å². The zero-order valence-electron chi connectivity index (χ0n) is 7.16. The molecule has 0 aliphatic rings. The highest BCUT2D eigenvalue weighted by Crippen LogP contribution is 1.81. The Bertz CT molecular complexity index is 173. The van der Waals surface area contributed by atoms with Gasteiger partial charge in [-0.3, -0.25) is 9.79 Å². The van der Waals surface area contributed by atoms with Crippen LogP contribution in [0.4, 0.5) is 0 Å². The molecule has 0 aromatic carbocycles. The van der Waals surface area contributed by atoms with Crippen molar-refractivity contribution in [1.29, 1.82) is 0 Å². The Morgan fingerprint density at radius 3 is 2.73 bits per heavy atom. The molecular weight excluding hydrogens is 140 g/mol. The summed E-state index contributed by atoms with van der Waals surface area (Å²) < 4.78 is 0. The zero-order valence-corrected chi connectivity index (χ0v) is 7.16. The molecule has 1 unspecified atom stereocenters. The van der Waals surface area contributed by atoms with Crippen LogP contribution < -0.4 is 5.32 Å². The molecule has 62 valence electrons. The van der Waals surface area contributed by atoms with E-state index in [0.717, 1.165) is 0 Å². The minimum absolute atomic E-state index is 0.114. The second-order valence-corrected chi connectivity index (χ2v) is 2.27. The Hall–Kier alpha value is -1.12. The number of hydrogen-bond acceptors (Lipinski definition) is 3. The normalized spacial score (nSPS) is 14.1. The van der Waals surface area contributed by atoms with E-state index in [4.69, 9.17) is 0 Å². The van der Waals surface area contributed by atoms with E-state index in [9.17, 15) is 4.79 Å². The largest absolute Gasteiger partial charge is 0.381 e. The van der Waals surface area contributed by atoms with Crippen molar-refractivity contribution in [2.75, 3.05) is 7.05 Å². The average molecular weight is 154 g/mol. The molecule has 0 saturated heterocycles. The quantitative estimate of drug-likeness (QED) is 0.607. The number of aliphatic imine (C=N–C) groups is 1. The van der Waals surface area contributed by atoms with Gasteiger partial charge in [0, 0.05) is 13.3 Å². The van der Waals surface area contributed by atoms with Gasteiger partial charge >= 0.3 is 0 Å². The number of ketones is 1. The first kappa shape index (κ1) is 9.88. The number of Topliss-reactive ketones (excluding diaryl/α,β-unsaturated/α-hetero) is 1. The highest BCUT2D eigenvalue weighted by atomic mass is 16.1. The van der Waals surface area contributed by atoms with Gasteiger partial charge in [0.15, 0.2) is 5.78 Å². The van der Waals surface area contributed by atoms with Crippen LogP contribution in [-0.2, 0) is 4.79 Å². The minimum atomic E-state index is -0.114. The van der Waals surface area contributed by atoms with E-state index in [1.807, 2.05) is 6.92 Å². The maximum absolute atomic E-state index is 10.7. The van der Waals surface area contributed by atoms with Crippen LogP contribution in [0.3, 0.4) is 0 Å². The third-order valence-electron chi connectivity index (χ3n) is 1.29. The molecule has 0 rings (SSSR count). The van der Waals surface area contributed by atoms with Gasteiger partial charge in [-0.05, 0) is 26.1 Å². The Morgan fingerprint density at radius 2 is 2.27 bits per heavy atom. The monoisotopic (exact) mass is 154 g/mol. The van der Waals surface area contributed by atoms with Gasteiger partial charge < -0.3 is 5.32 Å². The van der Waals surface area contributed by atoms with Gasteiger partial charge in [-0.15, -0.1) is 0 Å². The third kappa shape index (κ3) is 5.33. The Balaban J connectivity index is 3.61. The summed E-state index contributed by atoms with van der Waals surface area (Å²) in [5.41, 5.74) is 0. The summed E-state index contributed by atoms with van der Waals surface area (Å²) in [5, 5.41) is 2.90. The summed E-state index contributed by atoms with van der Waals surface area (Å²) in [4.78, 5) is 14.4. The fraction of sp³-hybridized carbons (Fsp3) is 0.500. The first-order valence-electron chi connectivity index (χ1n) is 3.52. The molecule has 0 spiro atoms. The number of allylic oxidation sites excluding steroid dienone is 1. The Labute approximate surface area is 67.2 Å². The van der Waals surface area contributed by atoms with Crippen molar-refractivity contribution in [3.63, 3.8) is 0 Å². The standard InChI is InChI=1S/C8H14N2O/c1-7(8(2)11)10-6-4-5-9-3/h4-7,10H,1-3H3. The lowest BCUT2D eigenvalue weighted by Gasteiger charge is -2.05. The molecule has 0 fully saturated rings. The molecule has 3 nitrogen and oxygen atoms in total. The van der Waals surface area contributed by atoms with Gasteiger partial charge in [-0.25, -0.2) is 0 Å². The van der Waals surface area contributed by atoms with Gasteiger partial charge in [-0.2, -0.15) is 0 Å². The molecule has 0 heterocycles. The third-order valence-corrected chi connectivity index (χ3v) is 1.29. The predicted molar refractivity (Wildman–Crippen MR) is 46.8 cm³/mol.